The van der Waals surface area contributed by atoms with E-state index < -0.39 is 11.7 Å². The summed E-state index contributed by atoms with van der Waals surface area (Å²) in [5.74, 6) is -0.473. The Hall–Kier alpha value is -2.74. The fraction of sp³-hybridized carbons (Fsp3) is 0.273. The fourth-order valence-electron chi connectivity index (χ4n) is 3.20. The van der Waals surface area contributed by atoms with Gasteiger partial charge in [-0.3, -0.25) is 4.79 Å². The summed E-state index contributed by atoms with van der Waals surface area (Å²) in [5, 5.41) is 2.29. The highest BCUT2D eigenvalue weighted by atomic mass is 32.1. The maximum absolute atomic E-state index is 14.0. The Morgan fingerprint density at radius 2 is 1.80 bits per heavy atom. The third kappa shape index (κ3) is 4.70. The van der Waals surface area contributed by atoms with E-state index in [4.69, 9.17) is 0 Å². The lowest BCUT2D eigenvalue weighted by molar-refractivity contribution is -0.137. The molecule has 0 atom stereocenters. The number of carbonyl (C=O) groups excluding carboxylic acids is 1. The van der Waals surface area contributed by atoms with Crippen LogP contribution in [0.4, 0.5) is 17.6 Å². The number of halogens is 4. The zero-order chi connectivity index (χ0) is 21.3. The molecule has 2 aromatic carbocycles. The maximum Gasteiger partial charge on any atom is 0.416 e. The van der Waals surface area contributed by atoms with E-state index in [-0.39, 0.29) is 30.7 Å². The van der Waals surface area contributed by atoms with E-state index >= 15 is 0 Å². The molecule has 0 bridgehead atoms. The fourth-order valence-corrected chi connectivity index (χ4v) is 4.02. The number of thiazole rings is 1. The number of aromatic nitrogens is 1. The molecule has 0 saturated heterocycles. The van der Waals surface area contributed by atoms with E-state index in [0.717, 1.165) is 25.0 Å². The van der Waals surface area contributed by atoms with Gasteiger partial charge in [-0.2, -0.15) is 13.2 Å². The molecule has 156 valence electrons. The first-order valence-electron chi connectivity index (χ1n) is 9.46. The summed E-state index contributed by atoms with van der Waals surface area (Å²) in [6.45, 7) is 0.214. The molecule has 1 aliphatic rings. The lowest BCUT2D eigenvalue weighted by Gasteiger charge is -2.22. The minimum absolute atomic E-state index is 0.0715. The van der Waals surface area contributed by atoms with Crippen molar-refractivity contribution in [1.82, 2.24) is 9.88 Å². The number of nitrogens with zero attached hydrogens (tertiary/aromatic N) is 2. The molecule has 1 fully saturated rings. The van der Waals surface area contributed by atoms with Gasteiger partial charge in [-0.05, 0) is 31.0 Å². The second kappa shape index (κ2) is 8.18. The average Bonchev–Trinajstić information content (AvgIpc) is 3.45. The molecule has 1 heterocycles. The van der Waals surface area contributed by atoms with Crippen molar-refractivity contribution in [3.05, 3.63) is 76.5 Å². The molecule has 0 unspecified atom stereocenters. The van der Waals surface area contributed by atoms with E-state index in [0.29, 0.717) is 21.8 Å². The first-order chi connectivity index (χ1) is 14.3. The topological polar surface area (TPSA) is 33.2 Å². The number of hydrogen-bond acceptors (Lipinski definition) is 3. The summed E-state index contributed by atoms with van der Waals surface area (Å²) < 4.78 is 52.2. The van der Waals surface area contributed by atoms with Crippen molar-refractivity contribution in [2.24, 2.45) is 0 Å². The summed E-state index contributed by atoms with van der Waals surface area (Å²) in [6, 6.07) is 11.3. The van der Waals surface area contributed by atoms with Crippen LogP contribution in [0, 0.1) is 5.82 Å². The number of hydrogen-bond donors (Lipinski definition) is 0. The predicted molar refractivity (Wildman–Crippen MR) is 106 cm³/mol. The maximum atomic E-state index is 14.0. The predicted octanol–water partition coefficient (Wildman–Crippen LogP) is 5.70. The smallest absolute Gasteiger partial charge is 0.335 e. The van der Waals surface area contributed by atoms with Crippen LogP contribution >= 0.6 is 11.3 Å². The zero-order valence-corrected chi connectivity index (χ0v) is 16.6. The zero-order valence-electron chi connectivity index (χ0n) is 15.8. The van der Waals surface area contributed by atoms with Crippen LogP contribution in [0.3, 0.4) is 0 Å². The van der Waals surface area contributed by atoms with Crippen LogP contribution in [0.15, 0.2) is 53.9 Å². The van der Waals surface area contributed by atoms with Crippen LogP contribution in [-0.2, 0) is 23.9 Å². The summed E-state index contributed by atoms with van der Waals surface area (Å²) in [5.41, 5.74) is 0.879. The van der Waals surface area contributed by atoms with Gasteiger partial charge in [0.05, 0.1) is 17.7 Å². The van der Waals surface area contributed by atoms with Gasteiger partial charge < -0.3 is 4.90 Å². The van der Waals surface area contributed by atoms with Crippen molar-refractivity contribution in [2.75, 3.05) is 0 Å². The highest BCUT2D eigenvalue weighted by Crippen LogP contribution is 2.32. The molecule has 30 heavy (non-hydrogen) atoms. The number of benzene rings is 2. The second-order valence-electron chi connectivity index (χ2n) is 7.24. The molecule has 3 nitrogen and oxygen atoms in total. The van der Waals surface area contributed by atoms with Crippen LogP contribution in [0.25, 0.3) is 10.6 Å². The Morgan fingerprint density at radius 3 is 2.43 bits per heavy atom. The third-order valence-electron chi connectivity index (χ3n) is 4.95. The average molecular weight is 434 g/mol. The SMILES string of the molecule is O=C(Cc1csc(-c2ccc(C(F)(F)F)cc2)n1)N(Cc1ccccc1F)C1CC1. The highest BCUT2D eigenvalue weighted by Gasteiger charge is 2.33. The Kier molecular flexibility index (Phi) is 5.60. The van der Waals surface area contributed by atoms with Gasteiger partial charge in [0.2, 0.25) is 5.91 Å². The van der Waals surface area contributed by atoms with Crippen molar-refractivity contribution < 1.29 is 22.4 Å². The first kappa shape index (κ1) is 20.5. The van der Waals surface area contributed by atoms with Crippen LogP contribution in [0.2, 0.25) is 0 Å². The molecule has 1 aromatic heterocycles. The molecule has 0 N–H and O–H groups in total. The summed E-state index contributed by atoms with van der Waals surface area (Å²) in [4.78, 5) is 19.0. The summed E-state index contributed by atoms with van der Waals surface area (Å²) >= 11 is 1.28. The molecule has 0 spiro atoms. The molecule has 1 saturated carbocycles. The monoisotopic (exact) mass is 434 g/mol. The van der Waals surface area contributed by atoms with Crippen molar-refractivity contribution >= 4 is 17.2 Å². The van der Waals surface area contributed by atoms with Crippen LogP contribution in [0.1, 0.15) is 29.7 Å². The van der Waals surface area contributed by atoms with Gasteiger partial charge in [0.1, 0.15) is 10.8 Å². The Bertz CT molecular complexity index is 1040. The quantitative estimate of drug-likeness (QED) is 0.466. The van der Waals surface area contributed by atoms with Crippen LogP contribution in [0.5, 0.6) is 0 Å². The van der Waals surface area contributed by atoms with Crippen molar-refractivity contribution in [3.63, 3.8) is 0 Å². The second-order valence-corrected chi connectivity index (χ2v) is 8.10. The normalized spacial score (nSPS) is 14.0. The molecule has 0 aliphatic heterocycles. The summed E-state index contributed by atoms with van der Waals surface area (Å²) in [6.07, 6.45) is -2.52. The molecule has 4 rings (SSSR count). The lowest BCUT2D eigenvalue weighted by Crippen LogP contribution is -2.34. The number of alkyl halides is 3. The van der Waals surface area contributed by atoms with E-state index in [9.17, 15) is 22.4 Å². The van der Waals surface area contributed by atoms with Gasteiger partial charge in [-0.15, -0.1) is 11.3 Å². The Balaban J connectivity index is 1.46. The van der Waals surface area contributed by atoms with Gasteiger partial charge in [0.15, 0.2) is 0 Å². The number of amides is 1. The molecule has 8 heteroatoms. The van der Waals surface area contributed by atoms with Gasteiger partial charge >= 0.3 is 6.18 Å². The van der Waals surface area contributed by atoms with Crippen molar-refractivity contribution in [2.45, 2.75) is 38.0 Å². The van der Waals surface area contributed by atoms with Crippen molar-refractivity contribution in [1.29, 1.82) is 0 Å². The number of rotatable bonds is 6. The van der Waals surface area contributed by atoms with Gasteiger partial charge in [-0.1, -0.05) is 30.3 Å². The summed E-state index contributed by atoms with van der Waals surface area (Å²) in [7, 11) is 0. The van der Waals surface area contributed by atoms with Gasteiger partial charge in [0, 0.05) is 29.1 Å². The Morgan fingerprint density at radius 1 is 1.10 bits per heavy atom. The van der Waals surface area contributed by atoms with E-state index in [1.54, 1.807) is 28.5 Å². The Labute approximate surface area is 175 Å². The van der Waals surface area contributed by atoms with Gasteiger partial charge in [0.25, 0.3) is 0 Å². The molecule has 1 aliphatic carbocycles. The van der Waals surface area contributed by atoms with Crippen LogP contribution in [-0.4, -0.2) is 21.8 Å². The standard InChI is InChI=1S/C22H18F4N2OS/c23-19-4-2-1-3-15(19)12-28(18-9-10-18)20(29)11-17-13-30-21(27-17)14-5-7-16(8-6-14)22(24,25)26/h1-8,13,18H,9-12H2. The molecular formula is C22H18F4N2OS. The van der Waals surface area contributed by atoms with E-state index in [1.165, 1.54) is 29.5 Å². The first-order valence-corrected chi connectivity index (χ1v) is 10.3. The highest BCUT2D eigenvalue weighted by molar-refractivity contribution is 7.13. The largest absolute Gasteiger partial charge is 0.416 e. The minimum atomic E-state index is -4.39. The minimum Gasteiger partial charge on any atom is -0.335 e. The molecule has 1 amide bonds. The molecule has 0 radical (unpaired) electrons. The van der Waals surface area contributed by atoms with E-state index in [1.807, 2.05) is 0 Å². The van der Waals surface area contributed by atoms with E-state index in [2.05, 4.69) is 4.98 Å². The molecule has 3 aromatic rings. The molecular weight excluding hydrogens is 416 g/mol. The van der Waals surface area contributed by atoms with Gasteiger partial charge in [-0.25, -0.2) is 9.37 Å². The van der Waals surface area contributed by atoms with Crippen molar-refractivity contribution in [3.8, 4) is 10.6 Å². The van der Waals surface area contributed by atoms with Crippen LogP contribution < -0.4 is 0 Å². The lowest BCUT2D eigenvalue weighted by atomic mass is 10.1. The third-order valence-corrected chi connectivity index (χ3v) is 5.89. The number of carbonyl (C=O) groups is 1.